The maximum absolute atomic E-state index is 11.1. The van der Waals surface area contributed by atoms with Gasteiger partial charge in [-0.05, 0) is 23.3 Å². The first-order valence-electron chi connectivity index (χ1n) is 14.9. The third kappa shape index (κ3) is 16.5. The van der Waals surface area contributed by atoms with Crippen LogP contribution in [0.15, 0.2) is 109 Å². The standard InChI is InChI=1S/C15H14O3.C14H12O3.4C2H6/c1-17-15(16)11-18-14-10-6-5-9-13(14)12-7-3-2-4-8-12;15-14(16)10-17-13-9-5-4-8-12(13)11-6-2-1-3-7-11;4*1-2/h2-10H,11H2,1H3;1-9H,10H2,(H,15,16);4*1-2H3. The monoisotopic (exact) mass is 590 g/mol. The van der Waals surface area contributed by atoms with E-state index < -0.39 is 11.9 Å². The summed E-state index contributed by atoms with van der Waals surface area (Å²) in [5, 5.41) is 8.61. The van der Waals surface area contributed by atoms with Crippen LogP contribution in [0.1, 0.15) is 55.4 Å². The quantitative estimate of drug-likeness (QED) is 0.206. The summed E-state index contributed by atoms with van der Waals surface area (Å²) in [5.41, 5.74) is 3.92. The molecule has 0 saturated heterocycles. The Kier molecular flexibility index (Phi) is 26.0. The molecule has 0 atom stereocenters. The van der Waals surface area contributed by atoms with Crippen LogP contribution in [0.5, 0.6) is 11.5 Å². The fourth-order valence-electron chi connectivity index (χ4n) is 3.23. The smallest absolute Gasteiger partial charge is 0.343 e. The summed E-state index contributed by atoms with van der Waals surface area (Å²) >= 11 is 0. The molecule has 0 aromatic heterocycles. The lowest BCUT2D eigenvalue weighted by molar-refractivity contribution is -0.143. The Morgan fingerprint density at radius 3 is 1.19 bits per heavy atom. The number of benzene rings is 4. The Hall–Kier alpha value is -4.58. The zero-order valence-corrected chi connectivity index (χ0v) is 27.3. The van der Waals surface area contributed by atoms with Crippen LogP contribution in [0.2, 0.25) is 0 Å². The van der Waals surface area contributed by atoms with Crippen LogP contribution >= 0.6 is 0 Å². The fraction of sp³-hybridized carbons (Fsp3) is 0.297. The van der Waals surface area contributed by atoms with Crippen molar-refractivity contribution in [3.05, 3.63) is 109 Å². The molecule has 4 aromatic rings. The molecule has 0 unspecified atom stereocenters. The van der Waals surface area contributed by atoms with E-state index >= 15 is 0 Å². The Bertz CT molecular complexity index is 1220. The van der Waals surface area contributed by atoms with Crippen LogP contribution < -0.4 is 9.47 Å². The summed E-state index contributed by atoms with van der Waals surface area (Å²) in [6, 6.07) is 34.6. The van der Waals surface area contributed by atoms with Crippen LogP contribution in [0.4, 0.5) is 0 Å². The average molecular weight is 591 g/mol. The second-order valence-electron chi connectivity index (χ2n) is 7.27. The third-order valence-electron chi connectivity index (χ3n) is 4.87. The van der Waals surface area contributed by atoms with Crippen LogP contribution in [-0.2, 0) is 14.3 Å². The number of para-hydroxylation sites is 2. The van der Waals surface area contributed by atoms with Crippen molar-refractivity contribution in [2.24, 2.45) is 0 Å². The molecule has 0 aliphatic rings. The molecular weight excluding hydrogens is 540 g/mol. The lowest BCUT2D eigenvalue weighted by Gasteiger charge is -2.10. The summed E-state index contributed by atoms with van der Waals surface area (Å²) in [6.45, 7) is 15.6. The van der Waals surface area contributed by atoms with E-state index in [1.165, 1.54) is 7.11 Å². The molecule has 0 bridgehead atoms. The minimum Gasteiger partial charge on any atom is -0.481 e. The van der Waals surface area contributed by atoms with Gasteiger partial charge >= 0.3 is 11.9 Å². The number of aliphatic carboxylic acids is 1. The van der Waals surface area contributed by atoms with Gasteiger partial charge < -0.3 is 19.3 Å². The summed E-state index contributed by atoms with van der Waals surface area (Å²) in [4.78, 5) is 21.6. The van der Waals surface area contributed by atoms with Crippen LogP contribution in [0.3, 0.4) is 0 Å². The summed E-state index contributed by atoms with van der Waals surface area (Å²) in [7, 11) is 1.34. The largest absolute Gasteiger partial charge is 0.481 e. The maximum atomic E-state index is 11.1. The number of hydrogen-bond acceptors (Lipinski definition) is 5. The van der Waals surface area contributed by atoms with Crippen LogP contribution in [0.25, 0.3) is 22.3 Å². The number of esters is 1. The van der Waals surface area contributed by atoms with Crippen LogP contribution in [0, 0.1) is 0 Å². The highest BCUT2D eigenvalue weighted by molar-refractivity contribution is 5.74. The molecule has 0 heterocycles. The van der Waals surface area contributed by atoms with Crippen molar-refractivity contribution in [3.63, 3.8) is 0 Å². The van der Waals surface area contributed by atoms with E-state index in [0.717, 1.165) is 22.3 Å². The molecule has 0 spiro atoms. The minimum atomic E-state index is -0.979. The molecule has 6 heteroatoms. The molecule has 6 nitrogen and oxygen atoms in total. The number of carboxylic acid groups (broad SMARTS) is 1. The van der Waals surface area contributed by atoms with E-state index in [1.807, 2.05) is 159 Å². The number of rotatable bonds is 8. The SMILES string of the molecule is CC.CC.CC.CC.COC(=O)COc1ccccc1-c1ccccc1.O=C(O)COc1ccccc1-c1ccccc1. The molecule has 0 radical (unpaired) electrons. The van der Waals surface area contributed by atoms with Crippen molar-refractivity contribution in [2.75, 3.05) is 20.3 Å². The Balaban J connectivity index is 0. The van der Waals surface area contributed by atoms with Gasteiger partial charge in [0.15, 0.2) is 13.2 Å². The maximum Gasteiger partial charge on any atom is 0.343 e. The molecule has 4 rings (SSSR count). The number of carbonyl (C=O) groups excluding carboxylic acids is 1. The van der Waals surface area contributed by atoms with E-state index in [-0.39, 0.29) is 13.2 Å². The van der Waals surface area contributed by atoms with Gasteiger partial charge in [0.05, 0.1) is 7.11 Å². The van der Waals surface area contributed by atoms with Gasteiger partial charge in [0.1, 0.15) is 11.5 Å². The highest BCUT2D eigenvalue weighted by atomic mass is 16.6. The second-order valence-corrected chi connectivity index (χ2v) is 7.27. The lowest BCUT2D eigenvalue weighted by atomic mass is 10.1. The van der Waals surface area contributed by atoms with E-state index in [4.69, 9.17) is 14.6 Å². The third-order valence-corrected chi connectivity index (χ3v) is 4.87. The van der Waals surface area contributed by atoms with Gasteiger partial charge in [-0.25, -0.2) is 9.59 Å². The molecule has 0 fully saturated rings. The van der Waals surface area contributed by atoms with Crippen molar-refractivity contribution in [1.29, 1.82) is 0 Å². The summed E-state index contributed by atoms with van der Waals surface area (Å²) in [5.74, 6) is -0.110. The van der Waals surface area contributed by atoms with Crippen molar-refractivity contribution in [3.8, 4) is 33.8 Å². The van der Waals surface area contributed by atoms with E-state index in [0.29, 0.717) is 11.5 Å². The number of carboxylic acids is 1. The zero-order valence-electron chi connectivity index (χ0n) is 27.3. The number of methoxy groups -OCH3 is 1. The predicted octanol–water partition coefficient (Wildman–Crippen LogP) is 9.83. The topological polar surface area (TPSA) is 82.1 Å². The van der Waals surface area contributed by atoms with Crippen molar-refractivity contribution in [2.45, 2.75) is 55.4 Å². The molecule has 0 amide bonds. The molecular formula is C37H50O6. The summed E-state index contributed by atoms with van der Waals surface area (Å²) < 4.78 is 15.3. The molecule has 43 heavy (non-hydrogen) atoms. The molecule has 234 valence electrons. The van der Waals surface area contributed by atoms with Gasteiger partial charge in [0, 0.05) is 11.1 Å². The van der Waals surface area contributed by atoms with Crippen molar-refractivity contribution >= 4 is 11.9 Å². The minimum absolute atomic E-state index is 0.0830. The first-order chi connectivity index (χ1) is 21.1. The Morgan fingerprint density at radius 2 is 0.837 bits per heavy atom. The molecule has 0 aliphatic heterocycles. The Labute approximate surface area is 259 Å². The number of carbonyl (C=O) groups is 2. The van der Waals surface area contributed by atoms with Gasteiger partial charge in [-0.2, -0.15) is 0 Å². The molecule has 4 aromatic carbocycles. The number of ether oxygens (including phenoxy) is 3. The highest BCUT2D eigenvalue weighted by Gasteiger charge is 2.08. The summed E-state index contributed by atoms with van der Waals surface area (Å²) in [6.07, 6.45) is 0. The van der Waals surface area contributed by atoms with Gasteiger partial charge in [0.2, 0.25) is 0 Å². The van der Waals surface area contributed by atoms with Crippen molar-refractivity contribution in [1.82, 2.24) is 0 Å². The predicted molar refractivity (Wildman–Crippen MR) is 180 cm³/mol. The van der Waals surface area contributed by atoms with Gasteiger partial charge in [0.25, 0.3) is 0 Å². The van der Waals surface area contributed by atoms with E-state index in [9.17, 15) is 9.59 Å². The first kappa shape index (κ1) is 40.6. The van der Waals surface area contributed by atoms with Gasteiger partial charge in [-0.15, -0.1) is 0 Å². The molecule has 1 N–H and O–H groups in total. The normalized spacial score (nSPS) is 8.58. The van der Waals surface area contributed by atoms with E-state index in [1.54, 1.807) is 6.07 Å². The van der Waals surface area contributed by atoms with Gasteiger partial charge in [-0.1, -0.05) is 152 Å². The highest BCUT2D eigenvalue weighted by Crippen LogP contribution is 2.30. The zero-order chi connectivity index (χ0) is 32.9. The number of hydrogen-bond donors (Lipinski definition) is 1. The fourth-order valence-corrected chi connectivity index (χ4v) is 3.23. The lowest BCUT2D eigenvalue weighted by Crippen LogP contribution is -2.12. The van der Waals surface area contributed by atoms with Crippen molar-refractivity contribution < 1.29 is 28.9 Å². The Morgan fingerprint density at radius 1 is 0.512 bits per heavy atom. The van der Waals surface area contributed by atoms with Crippen LogP contribution in [-0.4, -0.2) is 37.4 Å². The van der Waals surface area contributed by atoms with E-state index in [2.05, 4.69) is 4.74 Å². The molecule has 0 saturated carbocycles. The second kappa shape index (κ2) is 27.6. The first-order valence-corrected chi connectivity index (χ1v) is 14.9. The average Bonchev–Trinajstić information content (AvgIpc) is 3.11. The molecule has 0 aliphatic carbocycles. The van der Waals surface area contributed by atoms with Gasteiger partial charge in [-0.3, -0.25) is 0 Å².